The van der Waals surface area contributed by atoms with Crippen molar-refractivity contribution in [1.82, 2.24) is 0 Å². The van der Waals surface area contributed by atoms with E-state index in [1.165, 1.54) is 27.8 Å². The summed E-state index contributed by atoms with van der Waals surface area (Å²) in [7, 11) is 0. The highest BCUT2D eigenvalue weighted by molar-refractivity contribution is 9.10. The Kier molecular flexibility index (Phi) is 5.38. The van der Waals surface area contributed by atoms with Gasteiger partial charge in [0.1, 0.15) is 22.3 Å². The van der Waals surface area contributed by atoms with Gasteiger partial charge in [-0.3, -0.25) is 0 Å². The molecule has 216 valence electrons. The fourth-order valence-electron chi connectivity index (χ4n) is 7.99. The first-order chi connectivity index (χ1) is 22.7. The zero-order valence-corrected chi connectivity index (χ0v) is 26.2. The summed E-state index contributed by atoms with van der Waals surface area (Å²) in [4.78, 5) is 0. The molecule has 7 aromatic carbocycles. The monoisotopic (exact) mass is 652 g/mol. The van der Waals surface area contributed by atoms with Crippen LogP contribution < -0.4 is 0 Å². The molecule has 0 bridgehead atoms. The Morgan fingerprint density at radius 3 is 1.59 bits per heavy atom. The molecule has 9 aromatic rings. The van der Waals surface area contributed by atoms with E-state index in [2.05, 4.69) is 155 Å². The number of para-hydroxylation sites is 2. The van der Waals surface area contributed by atoms with Gasteiger partial charge in [0.25, 0.3) is 0 Å². The number of rotatable bonds is 3. The van der Waals surface area contributed by atoms with Crippen molar-refractivity contribution < 1.29 is 8.83 Å². The minimum atomic E-state index is -0.626. The molecule has 0 N–H and O–H groups in total. The second kappa shape index (κ2) is 9.56. The van der Waals surface area contributed by atoms with Gasteiger partial charge in [-0.2, -0.15) is 0 Å². The highest BCUT2D eigenvalue weighted by atomic mass is 79.9. The minimum absolute atomic E-state index is 0.626. The average molecular weight is 654 g/mol. The van der Waals surface area contributed by atoms with E-state index in [-0.39, 0.29) is 0 Å². The van der Waals surface area contributed by atoms with Crippen LogP contribution in [0.2, 0.25) is 0 Å². The zero-order valence-electron chi connectivity index (χ0n) is 24.6. The van der Waals surface area contributed by atoms with Crippen LogP contribution in [0, 0.1) is 0 Å². The van der Waals surface area contributed by atoms with Crippen LogP contribution in [-0.4, -0.2) is 0 Å². The maximum atomic E-state index is 6.89. The lowest BCUT2D eigenvalue weighted by atomic mass is 9.67. The Bertz CT molecular complexity index is 2590. The number of fused-ring (bicyclic) bond motifs is 11. The summed E-state index contributed by atoms with van der Waals surface area (Å²) in [6.45, 7) is 0. The Balaban J connectivity index is 1.52. The smallest absolute Gasteiger partial charge is 0.144 e. The molecular formula is C43H25BrO2. The van der Waals surface area contributed by atoms with Gasteiger partial charge >= 0.3 is 0 Å². The van der Waals surface area contributed by atoms with Crippen LogP contribution in [0.5, 0.6) is 0 Å². The third kappa shape index (κ3) is 3.30. The van der Waals surface area contributed by atoms with Crippen molar-refractivity contribution in [2.45, 2.75) is 5.41 Å². The van der Waals surface area contributed by atoms with E-state index in [0.717, 1.165) is 65.0 Å². The minimum Gasteiger partial charge on any atom is -0.455 e. The SMILES string of the molecule is Brc1cc2c(c3oc4ccccc4c13)-c1c(cc(-c3ccccc3)c3oc4ccccc4c13)C2(c1ccccc1)c1ccccc1. The molecule has 0 unspecified atom stereocenters. The topological polar surface area (TPSA) is 26.3 Å². The largest absolute Gasteiger partial charge is 0.455 e. The quantitative estimate of drug-likeness (QED) is 0.190. The number of hydrogen-bond acceptors (Lipinski definition) is 2. The molecule has 0 atom stereocenters. The maximum absolute atomic E-state index is 6.89. The van der Waals surface area contributed by atoms with Gasteiger partial charge in [-0.05, 0) is 52.1 Å². The highest BCUT2D eigenvalue weighted by Gasteiger charge is 2.49. The molecule has 10 rings (SSSR count). The zero-order chi connectivity index (χ0) is 30.4. The molecule has 0 spiro atoms. The molecule has 0 aliphatic heterocycles. The number of halogens is 1. The van der Waals surface area contributed by atoms with Crippen LogP contribution >= 0.6 is 15.9 Å². The summed E-state index contributed by atoms with van der Waals surface area (Å²) in [5, 5.41) is 4.40. The summed E-state index contributed by atoms with van der Waals surface area (Å²) in [6, 6.07) is 54.0. The predicted octanol–water partition coefficient (Wildman–Crippen LogP) is 12.3. The van der Waals surface area contributed by atoms with E-state index in [4.69, 9.17) is 8.83 Å². The summed E-state index contributed by atoms with van der Waals surface area (Å²) in [6.07, 6.45) is 0. The summed E-state index contributed by atoms with van der Waals surface area (Å²) in [5.41, 5.74) is 12.2. The van der Waals surface area contributed by atoms with Gasteiger partial charge in [0.2, 0.25) is 0 Å². The van der Waals surface area contributed by atoms with Crippen molar-refractivity contribution in [3.63, 3.8) is 0 Å². The molecule has 2 aromatic heterocycles. The molecule has 0 saturated carbocycles. The summed E-state index contributed by atoms with van der Waals surface area (Å²) < 4.78 is 14.7. The molecule has 1 aliphatic rings. The van der Waals surface area contributed by atoms with E-state index in [0.29, 0.717) is 0 Å². The lowest BCUT2D eigenvalue weighted by Gasteiger charge is -2.34. The number of furan rings is 2. The fraction of sp³-hybridized carbons (Fsp3) is 0.0233. The van der Waals surface area contributed by atoms with Crippen molar-refractivity contribution in [2.75, 3.05) is 0 Å². The normalized spacial score (nSPS) is 13.5. The molecule has 0 saturated heterocycles. The van der Waals surface area contributed by atoms with E-state index in [1.807, 2.05) is 12.1 Å². The second-order valence-corrected chi connectivity index (χ2v) is 12.9. The van der Waals surface area contributed by atoms with Crippen LogP contribution in [0.15, 0.2) is 165 Å². The van der Waals surface area contributed by atoms with Gasteiger partial charge < -0.3 is 8.83 Å². The molecule has 3 heteroatoms. The Morgan fingerprint density at radius 2 is 0.957 bits per heavy atom. The molecule has 0 amide bonds. The van der Waals surface area contributed by atoms with Crippen LogP contribution in [0.1, 0.15) is 22.3 Å². The van der Waals surface area contributed by atoms with E-state index >= 15 is 0 Å². The predicted molar refractivity (Wildman–Crippen MR) is 191 cm³/mol. The van der Waals surface area contributed by atoms with Crippen molar-refractivity contribution in [2.24, 2.45) is 0 Å². The van der Waals surface area contributed by atoms with Gasteiger partial charge in [-0.1, -0.05) is 143 Å². The van der Waals surface area contributed by atoms with Crippen LogP contribution in [0.25, 0.3) is 66.1 Å². The highest BCUT2D eigenvalue weighted by Crippen LogP contribution is 2.62. The maximum Gasteiger partial charge on any atom is 0.144 e. The van der Waals surface area contributed by atoms with Crippen LogP contribution in [0.3, 0.4) is 0 Å². The van der Waals surface area contributed by atoms with Gasteiger partial charge in [0.15, 0.2) is 0 Å². The van der Waals surface area contributed by atoms with E-state index in [9.17, 15) is 0 Å². The lowest BCUT2D eigenvalue weighted by molar-refractivity contribution is 0.668. The van der Waals surface area contributed by atoms with Gasteiger partial charge in [0.05, 0.1) is 5.41 Å². The average Bonchev–Trinajstić information content (AvgIpc) is 3.78. The van der Waals surface area contributed by atoms with Gasteiger partial charge in [-0.25, -0.2) is 0 Å². The molecule has 2 heterocycles. The Morgan fingerprint density at radius 1 is 0.457 bits per heavy atom. The van der Waals surface area contributed by atoms with Crippen molar-refractivity contribution in [3.05, 3.63) is 178 Å². The van der Waals surface area contributed by atoms with Crippen LogP contribution in [0.4, 0.5) is 0 Å². The first-order valence-corrected chi connectivity index (χ1v) is 16.3. The number of hydrogen-bond donors (Lipinski definition) is 0. The Labute approximate surface area is 273 Å². The fourth-order valence-corrected chi connectivity index (χ4v) is 8.62. The molecule has 2 nitrogen and oxygen atoms in total. The van der Waals surface area contributed by atoms with Crippen molar-refractivity contribution in [3.8, 4) is 22.3 Å². The summed E-state index contributed by atoms with van der Waals surface area (Å²) in [5.74, 6) is 0. The molecule has 0 fully saturated rings. The Hall–Kier alpha value is -5.38. The third-order valence-corrected chi connectivity index (χ3v) is 10.4. The van der Waals surface area contributed by atoms with Crippen LogP contribution in [-0.2, 0) is 5.41 Å². The van der Waals surface area contributed by atoms with Crippen molar-refractivity contribution >= 4 is 59.8 Å². The molecular weight excluding hydrogens is 628 g/mol. The number of benzene rings is 7. The standard InChI is InChI=1S/C43H25BrO2/c44-34-25-33-40(42-37(34)29-20-10-12-22-35(29)46-42)39-32(43(33,27-16-6-2-7-17-27)28-18-8-3-9-19-28)24-31(26-14-4-1-5-15-26)41-38(39)30-21-11-13-23-36(30)45-41/h1-25H. The second-order valence-electron chi connectivity index (χ2n) is 12.1. The van der Waals surface area contributed by atoms with Crippen molar-refractivity contribution in [1.29, 1.82) is 0 Å². The summed E-state index contributed by atoms with van der Waals surface area (Å²) >= 11 is 4.05. The third-order valence-electron chi connectivity index (χ3n) is 9.81. The van der Waals surface area contributed by atoms with Gasteiger partial charge in [0, 0.05) is 42.7 Å². The molecule has 46 heavy (non-hydrogen) atoms. The molecule has 1 aliphatic carbocycles. The van der Waals surface area contributed by atoms with Gasteiger partial charge in [-0.15, -0.1) is 0 Å². The first kappa shape index (κ1) is 25.9. The van der Waals surface area contributed by atoms with E-state index in [1.54, 1.807) is 0 Å². The first-order valence-electron chi connectivity index (χ1n) is 15.5. The molecule has 0 radical (unpaired) electrons. The van der Waals surface area contributed by atoms with E-state index < -0.39 is 5.41 Å². The lowest BCUT2D eigenvalue weighted by Crippen LogP contribution is -2.28.